The maximum absolute atomic E-state index is 4.67. The van der Waals surface area contributed by atoms with Gasteiger partial charge in [-0.05, 0) is 18.2 Å². The highest BCUT2D eigenvalue weighted by Crippen LogP contribution is 2.35. The normalized spacial score (nSPS) is 11.5. The molecule has 0 fully saturated rings. The van der Waals surface area contributed by atoms with Crippen LogP contribution >= 0.6 is 11.3 Å². The van der Waals surface area contributed by atoms with Gasteiger partial charge in [-0.15, -0.1) is 16.4 Å². The number of hydrogen-bond acceptors (Lipinski definition) is 4. The Morgan fingerprint density at radius 1 is 0.826 bits per heavy atom. The molecule has 0 spiro atoms. The molecule has 108 valence electrons. The van der Waals surface area contributed by atoms with E-state index < -0.39 is 0 Å². The van der Waals surface area contributed by atoms with E-state index in [0.29, 0.717) is 0 Å². The number of nitrogens with zero attached hydrogens (tertiary/aromatic N) is 3. The van der Waals surface area contributed by atoms with E-state index in [2.05, 4.69) is 51.6 Å². The first-order valence-corrected chi connectivity index (χ1v) is 8.20. The molecule has 0 aliphatic rings. The molecule has 0 saturated carbocycles. The van der Waals surface area contributed by atoms with E-state index >= 15 is 0 Å². The highest BCUT2D eigenvalue weighted by Gasteiger charge is 2.10. The topological polar surface area (TPSA) is 38.7 Å². The molecule has 0 saturated heterocycles. The number of benzene rings is 2. The standard InChI is InChI=1S/C19H11N3S/c1-2-7-17-13(5-1)15-10-16(20-11-18(15)23-17)14-6-3-4-12-8-9-21-22-19(12)14/h1-11H. The minimum atomic E-state index is 0.890. The summed E-state index contributed by atoms with van der Waals surface area (Å²) in [6, 6.07) is 18.8. The molecule has 5 rings (SSSR count). The first-order valence-electron chi connectivity index (χ1n) is 7.38. The molecule has 2 aromatic carbocycles. The second-order valence-corrected chi connectivity index (χ2v) is 6.52. The molecule has 0 atom stereocenters. The minimum Gasteiger partial charge on any atom is -0.255 e. The number of pyridine rings is 1. The zero-order valence-electron chi connectivity index (χ0n) is 12.1. The molecule has 0 radical (unpaired) electrons. The Kier molecular flexibility index (Phi) is 2.66. The Hall–Kier alpha value is -2.85. The van der Waals surface area contributed by atoms with Crippen LogP contribution in [0.25, 0.3) is 42.3 Å². The number of thiophene rings is 1. The highest BCUT2D eigenvalue weighted by atomic mass is 32.1. The van der Waals surface area contributed by atoms with Crippen LogP contribution in [0.3, 0.4) is 0 Å². The largest absolute Gasteiger partial charge is 0.255 e. The maximum atomic E-state index is 4.67. The van der Waals surface area contributed by atoms with Crippen LogP contribution in [0.2, 0.25) is 0 Å². The Morgan fingerprint density at radius 3 is 2.78 bits per heavy atom. The van der Waals surface area contributed by atoms with Gasteiger partial charge in [-0.3, -0.25) is 4.98 Å². The van der Waals surface area contributed by atoms with Gasteiger partial charge in [0, 0.05) is 32.6 Å². The lowest BCUT2D eigenvalue weighted by Crippen LogP contribution is -1.89. The fraction of sp³-hybridized carbons (Fsp3) is 0. The molecule has 3 aromatic heterocycles. The van der Waals surface area contributed by atoms with Crippen molar-refractivity contribution in [3.63, 3.8) is 0 Å². The van der Waals surface area contributed by atoms with Crippen molar-refractivity contribution in [2.75, 3.05) is 0 Å². The lowest BCUT2D eigenvalue weighted by atomic mass is 10.1. The molecule has 4 heteroatoms. The van der Waals surface area contributed by atoms with Gasteiger partial charge < -0.3 is 0 Å². The maximum Gasteiger partial charge on any atom is 0.102 e. The summed E-state index contributed by atoms with van der Waals surface area (Å²) in [7, 11) is 0. The zero-order chi connectivity index (χ0) is 15.2. The van der Waals surface area contributed by atoms with Crippen molar-refractivity contribution in [2.24, 2.45) is 0 Å². The Labute approximate surface area is 136 Å². The van der Waals surface area contributed by atoms with E-state index in [4.69, 9.17) is 0 Å². The number of fused-ring (bicyclic) bond motifs is 4. The van der Waals surface area contributed by atoms with E-state index in [0.717, 1.165) is 22.2 Å². The zero-order valence-corrected chi connectivity index (χ0v) is 12.9. The van der Waals surface area contributed by atoms with Crippen molar-refractivity contribution in [3.8, 4) is 11.3 Å². The lowest BCUT2D eigenvalue weighted by Gasteiger charge is -2.04. The monoisotopic (exact) mass is 313 g/mol. The third-order valence-corrected chi connectivity index (χ3v) is 5.21. The molecular weight excluding hydrogens is 302 g/mol. The number of rotatable bonds is 1. The van der Waals surface area contributed by atoms with Gasteiger partial charge in [-0.2, -0.15) is 5.10 Å². The molecular formula is C19H11N3S. The molecule has 23 heavy (non-hydrogen) atoms. The smallest absolute Gasteiger partial charge is 0.102 e. The predicted molar refractivity (Wildman–Crippen MR) is 95.7 cm³/mol. The van der Waals surface area contributed by atoms with Crippen LogP contribution in [-0.4, -0.2) is 15.2 Å². The summed E-state index contributed by atoms with van der Waals surface area (Å²) < 4.78 is 2.50. The van der Waals surface area contributed by atoms with Gasteiger partial charge in [0.05, 0.1) is 16.6 Å². The third kappa shape index (κ3) is 1.92. The summed E-state index contributed by atoms with van der Waals surface area (Å²) in [5.41, 5.74) is 2.85. The van der Waals surface area contributed by atoms with Crippen LogP contribution < -0.4 is 0 Å². The molecule has 0 bridgehead atoms. The van der Waals surface area contributed by atoms with Crippen molar-refractivity contribution in [1.29, 1.82) is 0 Å². The Morgan fingerprint density at radius 2 is 1.78 bits per heavy atom. The van der Waals surface area contributed by atoms with Gasteiger partial charge in [0.15, 0.2) is 0 Å². The second-order valence-electron chi connectivity index (χ2n) is 5.44. The predicted octanol–water partition coefficient (Wildman–Crippen LogP) is 5.06. The van der Waals surface area contributed by atoms with Crippen LogP contribution in [-0.2, 0) is 0 Å². The van der Waals surface area contributed by atoms with Crippen molar-refractivity contribution in [2.45, 2.75) is 0 Å². The molecule has 0 aliphatic heterocycles. The van der Waals surface area contributed by atoms with Crippen molar-refractivity contribution >= 4 is 42.4 Å². The van der Waals surface area contributed by atoms with Gasteiger partial charge in [-0.1, -0.05) is 36.4 Å². The number of aromatic nitrogens is 3. The van der Waals surface area contributed by atoms with E-state index in [1.807, 2.05) is 24.4 Å². The summed E-state index contributed by atoms with van der Waals surface area (Å²) in [5.74, 6) is 0. The van der Waals surface area contributed by atoms with Gasteiger partial charge >= 0.3 is 0 Å². The van der Waals surface area contributed by atoms with E-state index in [-0.39, 0.29) is 0 Å². The average molecular weight is 313 g/mol. The van der Waals surface area contributed by atoms with Gasteiger partial charge in [-0.25, -0.2) is 0 Å². The van der Waals surface area contributed by atoms with Gasteiger partial charge in [0.2, 0.25) is 0 Å². The molecule has 3 heterocycles. The molecule has 0 unspecified atom stereocenters. The molecule has 0 N–H and O–H groups in total. The van der Waals surface area contributed by atoms with Crippen LogP contribution in [0.4, 0.5) is 0 Å². The highest BCUT2D eigenvalue weighted by molar-refractivity contribution is 7.25. The molecule has 5 aromatic rings. The van der Waals surface area contributed by atoms with E-state index in [1.54, 1.807) is 17.5 Å². The summed E-state index contributed by atoms with van der Waals surface area (Å²) in [6.45, 7) is 0. The van der Waals surface area contributed by atoms with Crippen LogP contribution in [0.5, 0.6) is 0 Å². The summed E-state index contributed by atoms with van der Waals surface area (Å²) in [6.07, 6.45) is 3.68. The fourth-order valence-electron chi connectivity index (χ4n) is 3.00. The Bertz CT molecular complexity index is 1170. The van der Waals surface area contributed by atoms with Gasteiger partial charge in [0.25, 0.3) is 0 Å². The minimum absolute atomic E-state index is 0.890. The van der Waals surface area contributed by atoms with Crippen LogP contribution in [0.1, 0.15) is 0 Å². The number of hydrogen-bond donors (Lipinski definition) is 0. The second kappa shape index (κ2) is 4.83. The Balaban J connectivity index is 1.84. The van der Waals surface area contributed by atoms with Crippen molar-refractivity contribution in [1.82, 2.24) is 15.2 Å². The van der Waals surface area contributed by atoms with Crippen LogP contribution in [0, 0.1) is 0 Å². The SMILES string of the molecule is c1cc(-c2cc3c(cn2)sc2ccccc23)c2nnccc2c1. The first kappa shape index (κ1) is 12.7. The van der Waals surface area contributed by atoms with Crippen molar-refractivity contribution in [3.05, 3.63) is 67.0 Å². The summed E-state index contributed by atoms with van der Waals surface area (Å²) in [5, 5.41) is 11.9. The summed E-state index contributed by atoms with van der Waals surface area (Å²) >= 11 is 1.78. The lowest BCUT2D eigenvalue weighted by molar-refractivity contribution is 1.08. The quantitative estimate of drug-likeness (QED) is 0.434. The average Bonchev–Trinajstić information content (AvgIpc) is 2.99. The van der Waals surface area contributed by atoms with Crippen LogP contribution in [0.15, 0.2) is 67.0 Å². The molecule has 0 amide bonds. The van der Waals surface area contributed by atoms with E-state index in [9.17, 15) is 0 Å². The fourth-order valence-corrected chi connectivity index (χ4v) is 4.05. The molecule has 3 nitrogen and oxygen atoms in total. The first-order chi connectivity index (χ1) is 11.4. The van der Waals surface area contributed by atoms with Crippen molar-refractivity contribution < 1.29 is 0 Å². The molecule has 0 aliphatic carbocycles. The van der Waals surface area contributed by atoms with E-state index in [1.165, 1.54) is 20.2 Å². The summed E-state index contributed by atoms with van der Waals surface area (Å²) in [4.78, 5) is 4.67. The van der Waals surface area contributed by atoms with Gasteiger partial charge in [0.1, 0.15) is 5.52 Å². The third-order valence-electron chi connectivity index (χ3n) is 4.09.